The molecule has 6 nitrogen and oxygen atoms in total. The van der Waals surface area contributed by atoms with Crippen molar-refractivity contribution in [3.63, 3.8) is 0 Å². The number of carbonyl (C=O) groups is 2. The number of methoxy groups -OCH3 is 1. The topological polar surface area (TPSA) is 77.8 Å². The summed E-state index contributed by atoms with van der Waals surface area (Å²) in [5.74, 6) is -0.119. The molecule has 0 spiro atoms. The number of anilines is 1. The Morgan fingerprint density at radius 3 is 2.48 bits per heavy atom. The largest absolute Gasteiger partial charge is 0.482 e. The third-order valence-corrected chi connectivity index (χ3v) is 2.92. The van der Waals surface area contributed by atoms with Gasteiger partial charge in [0.1, 0.15) is 5.75 Å². The highest BCUT2D eigenvalue weighted by atomic mass is 79.9. The summed E-state index contributed by atoms with van der Waals surface area (Å²) in [5.41, 5.74) is 0.581. The molecule has 1 N–H and O–H groups in total. The van der Waals surface area contributed by atoms with Crippen LogP contribution in [0, 0.1) is 0 Å². The Balaban J connectivity index is 1.93. The molecule has 2 aromatic rings. The lowest BCUT2D eigenvalue weighted by Gasteiger charge is -2.06. The van der Waals surface area contributed by atoms with Crippen LogP contribution in [0.1, 0.15) is 10.6 Å². The van der Waals surface area contributed by atoms with Crippen molar-refractivity contribution in [2.45, 2.75) is 0 Å². The zero-order chi connectivity index (χ0) is 15.2. The lowest BCUT2D eigenvalue weighted by Crippen LogP contribution is -2.13. The third kappa shape index (κ3) is 4.35. The van der Waals surface area contributed by atoms with Crippen LogP contribution in [0.25, 0.3) is 0 Å². The summed E-state index contributed by atoms with van der Waals surface area (Å²) in [6.07, 6.45) is 0. The van der Waals surface area contributed by atoms with E-state index in [4.69, 9.17) is 9.15 Å². The van der Waals surface area contributed by atoms with E-state index < -0.39 is 5.97 Å². The zero-order valence-electron chi connectivity index (χ0n) is 11.1. The first-order valence-electron chi connectivity index (χ1n) is 5.95. The van der Waals surface area contributed by atoms with Crippen molar-refractivity contribution in [2.75, 3.05) is 19.0 Å². The molecule has 2 rings (SSSR count). The fraction of sp³-hybridized carbons (Fsp3) is 0.143. The van der Waals surface area contributed by atoms with Gasteiger partial charge >= 0.3 is 5.97 Å². The first-order valence-corrected chi connectivity index (χ1v) is 6.74. The van der Waals surface area contributed by atoms with Crippen LogP contribution in [0.2, 0.25) is 0 Å². The molecule has 7 heteroatoms. The molecule has 0 bridgehead atoms. The van der Waals surface area contributed by atoms with Gasteiger partial charge in [0.05, 0.1) is 7.11 Å². The Kier molecular flexibility index (Phi) is 4.99. The molecule has 1 aromatic heterocycles. The van der Waals surface area contributed by atoms with Crippen molar-refractivity contribution >= 4 is 33.5 Å². The monoisotopic (exact) mass is 353 g/mol. The number of furan rings is 1. The van der Waals surface area contributed by atoms with E-state index >= 15 is 0 Å². The SMILES string of the molecule is COC(=O)COc1ccc(NC(=O)c2ccc(Br)o2)cc1. The predicted octanol–water partition coefficient (Wildman–Crippen LogP) is 2.85. The molecule has 0 saturated heterocycles. The second kappa shape index (κ2) is 6.94. The van der Waals surface area contributed by atoms with Crippen LogP contribution in [0.4, 0.5) is 5.69 Å². The van der Waals surface area contributed by atoms with Crippen LogP contribution in [0.15, 0.2) is 45.5 Å². The number of rotatable bonds is 5. The molecule has 0 aliphatic carbocycles. The maximum atomic E-state index is 11.8. The molecular formula is C14H12BrNO5. The third-order valence-electron chi connectivity index (χ3n) is 2.49. The smallest absolute Gasteiger partial charge is 0.343 e. The van der Waals surface area contributed by atoms with Gasteiger partial charge in [-0.2, -0.15) is 0 Å². The average molecular weight is 354 g/mol. The molecule has 1 heterocycles. The lowest BCUT2D eigenvalue weighted by atomic mass is 10.3. The predicted molar refractivity (Wildman–Crippen MR) is 78.3 cm³/mol. The molecule has 0 saturated carbocycles. The minimum absolute atomic E-state index is 0.164. The Morgan fingerprint density at radius 2 is 1.90 bits per heavy atom. The van der Waals surface area contributed by atoms with Gasteiger partial charge in [0.2, 0.25) is 0 Å². The minimum atomic E-state index is -0.462. The summed E-state index contributed by atoms with van der Waals surface area (Å²) in [6, 6.07) is 9.78. The van der Waals surface area contributed by atoms with E-state index in [0.717, 1.165) is 0 Å². The Morgan fingerprint density at radius 1 is 1.19 bits per heavy atom. The van der Waals surface area contributed by atoms with Gasteiger partial charge in [-0.15, -0.1) is 0 Å². The van der Waals surface area contributed by atoms with Gasteiger partial charge in [0, 0.05) is 5.69 Å². The summed E-state index contributed by atoms with van der Waals surface area (Å²) < 4.78 is 15.3. The van der Waals surface area contributed by atoms with Crippen LogP contribution in [0.3, 0.4) is 0 Å². The number of carbonyl (C=O) groups excluding carboxylic acids is 2. The van der Waals surface area contributed by atoms with Crippen LogP contribution >= 0.6 is 15.9 Å². The van der Waals surface area contributed by atoms with Gasteiger partial charge < -0.3 is 19.2 Å². The lowest BCUT2D eigenvalue weighted by molar-refractivity contribution is -0.142. The van der Waals surface area contributed by atoms with Crippen LogP contribution in [-0.4, -0.2) is 25.6 Å². The Hall–Kier alpha value is -2.28. The minimum Gasteiger partial charge on any atom is -0.482 e. The molecule has 1 aromatic carbocycles. The molecule has 0 atom stereocenters. The van der Waals surface area contributed by atoms with Crippen LogP contribution < -0.4 is 10.1 Å². The van der Waals surface area contributed by atoms with Crippen molar-refractivity contribution < 1.29 is 23.5 Å². The summed E-state index contributed by atoms with van der Waals surface area (Å²) in [7, 11) is 1.29. The van der Waals surface area contributed by atoms with E-state index in [9.17, 15) is 9.59 Å². The van der Waals surface area contributed by atoms with Crippen molar-refractivity contribution in [3.8, 4) is 5.75 Å². The number of ether oxygens (including phenoxy) is 2. The molecule has 0 aliphatic heterocycles. The van der Waals surface area contributed by atoms with E-state index in [0.29, 0.717) is 16.1 Å². The first-order chi connectivity index (χ1) is 10.1. The highest BCUT2D eigenvalue weighted by Gasteiger charge is 2.10. The number of nitrogens with one attached hydrogen (secondary N) is 1. The molecule has 0 unspecified atom stereocenters. The van der Waals surface area contributed by atoms with Gasteiger partial charge in [0.15, 0.2) is 17.0 Å². The summed E-state index contributed by atoms with van der Waals surface area (Å²) >= 11 is 3.13. The number of hydrogen-bond acceptors (Lipinski definition) is 5. The van der Waals surface area contributed by atoms with Gasteiger partial charge in [-0.25, -0.2) is 4.79 Å². The van der Waals surface area contributed by atoms with E-state index in [1.807, 2.05) is 0 Å². The van der Waals surface area contributed by atoms with Crippen molar-refractivity contribution in [3.05, 3.63) is 46.8 Å². The molecule has 1 amide bonds. The fourth-order valence-electron chi connectivity index (χ4n) is 1.46. The maximum absolute atomic E-state index is 11.8. The second-order valence-electron chi connectivity index (χ2n) is 3.95. The van der Waals surface area contributed by atoms with Crippen molar-refractivity contribution in [1.29, 1.82) is 0 Å². The molecule has 0 aliphatic rings. The Bertz CT molecular complexity index is 635. The average Bonchev–Trinajstić information content (AvgIpc) is 2.93. The summed E-state index contributed by atoms with van der Waals surface area (Å²) in [6.45, 7) is -0.164. The quantitative estimate of drug-likeness (QED) is 0.836. The highest BCUT2D eigenvalue weighted by molar-refractivity contribution is 9.10. The molecular weight excluding hydrogens is 342 g/mol. The van der Waals surface area contributed by atoms with Gasteiger partial charge in [-0.05, 0) is 52.3 Å². The van der Waals surface area contributed by atoms with Crippen LogP contribution in [0.5, 0.6) is 5.75 Å². The highest BCUT2D eigenvalue weighted by Crippen LogP contribution is 2.18. The van der Waals surface area contributed by atoms with E-state index in [-0.39, 0.29) is 18.3 Å². The second-order valence-corrected chi connectivity index (χ2v) is 4.73. The molecule has 0 fully saturated rings. The standard InChI is InChI=1S/C14H12BrNO5/c1-19-13(17)8-20-10-4-2-9(3-5-10)16-14(18)11-6-7-12(15)21-11/h2-7H,8H2,1H3,(H,16,18). The normalized spacial score (nSPS) is 10.0. The molecule has 0 radical (unpaired) electrons. The molecule has 21 heavy (non-hydrogen) atoms. The number of halogens is 1. The van der Waals surface area contributed by atoms with E-state index in [1.165, 1.54) is 7.11 Å². The van der Waals surface area contributed by atoms with E-state index in [2.05, 4.69) is 26.0 Å². The van der Waals surface area contributed by atoms with Crippen molar-refractivity contribution in [1.82, 2.24) is 0 Å². The zero-order valence-corrected chi connectivity index (χ0v) is 12.7. The fourth-order valence-corrected chi connectivity index (χ4v) is 1.77. The van der Waals surface area contributed by atoms with Gasteiger partial charge in [0.25, 0.3) is 5.91 Å². The number of esters is 1. The molecule has 110 valence electrons. The van der Waals surface area contributed by atoms with E-state index in [1.54, 1.807) is 36.4 Å². The number of hydrogen-bond donors (Lipinski definition) is 1. The Labute approximate surface area is 129 Å². The first kappa shape index (κ1) is 15.1. The summed E-state index contributed by atoms with van der Waals surface area (Å²) in [5, 5.41) is 2.67. The van der Waals surface area contributed by atoms with Gasteiger partial charge in [-0.1, -0.05) is 0 Å². The maximum Gasteiger partial charge on any atom is 0.343 e. The number of amides is 1. The summed E-state index contributed by atoms with van der Waals surface area (Å²) in [4.78, 5) is 22.8. The van der Waals surface area contributed by atoms with Gasteiger partial charge in [-0.3, -0.25) is 4.79 Å². The van der Waals surface area contributed by atoms with Crippen molar-refractivity contribution in [2.24, 2.45) is 0 Å². The van der Waals surface area contributed by atoms with Crippen LogP contribution in [-0.2, 0) is 9.53 Å². The number of benzene rings is 1.